The summed E-state index contributed by atoms with van der Waals surface area (Å²) in [7, 11) is 0. The zero-order valence-corrected chi connectivity index (χ0v) is 6.39. The van der Waals surface area contributed by atoms with Gasteiger partial charge in [0.15, 0.2) is 11.6 Å². The molecule has 0 N–H and O–H groups in total. The molecule has 1 saturated heterocycles. The minimum absolute atomic E-state index is 0.0984. The number of rotatable bonds is 2. The second kappa shape index (κ2) is 2.83. The number of ether oxygens (including phenoxy) is 1. The predicted molar refractivity (Wildman–Crippen MR) is 39.8 cm³/mol. The zero-order valence-electron chi connectivity index (χ0n) is 6.39. The van der Waals surface area contributed by atoms with Crippen LogP contribution in [0.25, 0.3) is 0 Å². The fraction of sp³-hybridized carbons (Fsp3) is 0.333. The third-order valence-electron chi connectivity index (χ3n) is 1.88. The number of halogens is 2. The van der Waals surface area contributed by atoms with Crippen molar-refractivity contribution in [2.24, 2.45) is 0 Å². The fourth-order valence-electron chi connectivity index (χ4n) is 1.14. The van der Waals surface area contributed by atoms with Crippen molar-refractivity contribution in [3.05, 3.63) is 35.4 Å². The van der Waals surface area contributed by atoms with E-state index in [1.807, 2.05) is 0 Å². The van der Waals surface area contributed by atoms with E-state index in [0.29, 0.717) is 18.6 Å². The molecule has 1 aromatic rings. The minimum Gasteiger partial charge on any atom is -0.373 e. The maximum absolute atomic E-state index is 13.0. The van der Waals surface area contributed by atoms with Crippen molar-refractivity contribution in [1.82, 2.24) is 0 Å². The van der Waals surface area contributed by atoms with Crippen LogP contribution < -0.4 is 0 Å². The molecule has 64 valence electrons. The molecular formula is C9H8F2O. The molecule has 0 bridgehead atoms. The first-order valence-corrected chi connectivity index (χ1v) is 3.82. The predicted octanol–water partition coefficient (Wildman–Crippen LogP) is 1.91. The largest absolute Gasteiger partial charge is 0.373 e. The van der Waals surface area contributed by atoms with Crippen molar-refractivity contribution in [3.8, 4) is 0 Å². The van der Waals surface area contributed by atoms with Gasteiger partial charge in [0.1, 0.15) is 0 Å². The van der Waals surface area contributed by atoms with Crippen LogP contribution in [0.3, 0.4) is 0 Å². The van der Waals surface area contributed by atoms with Crippen molar-refractivity contribution >= 4 is 0 Å². The van der Waals surface area contributed by atoms with Gasteiger partial charge in [-0.2, -0.15) is 0 Å². The molecular weight excluding hydrogens is 162 g/mol. The smallest absolute Gasteiger partial charge is 0.162 e. The lowest BCUT2D eigenvalue weighted by molar-refractivity contribution is 0.402. The van der Waals surface area contributed by atoms with Gasteiger partial charge in [0.05, 0.1) is 12.7 Å². The molecule has 1 unspecified atom stereocenters. The Hall–Kier alpha value is -0.960. The number of hydrogen-bond donors (Lipinski definition) is 0. The second-order valence-corrected chi connectivity index (χ2v) is 2.87. The van der Waals surface area contributed by atoms with Gasteiger partial charge in [-0.3, -0.25) is 0 Å². The Kier molecular flexibility index (Phi) is 1.81. The molecule has 0 saturated carbocycles. The summed E-state index contributed by atoms with van der Waals surface area (Å²) >= 11 is 0. The summed E-state index contributed by atoms with van der Waals surface area (Å²) in [5.41, 5.74) is 0.400. The standard InChI is InChI=1S/C9H8F2O/c10-8-3-1-2-6(9(8)11)4-7-5-12-7/h1-3,7H,4-5H2. The Morgan fingerprint density at radius 2 is 2.17 bits per heavy atom. The van der Waals surface area contributed by atoms with Crippen molar-refractivity contribution in [2.45, 2.75) is 12.5 Å². The van der Waals surface area contributed by atoms with Crippen LogP contribution in [0, 0.1) is 11.6 Å². The average molecular weight is 170 g/mol. The molecule has 0 radical (unpaired) electrons. The van der Waals surface area contributed by atoms with Crippen molar-refractivity contribution in [2.75, 3.05) is 6.61 Å². The maximum atomic E-state index is 13.0. The zero-order chi connectivity index (χ0) is 8.55. The number of epoxide rings is 1. The van der Waals surface area contributed by atoms with Gasteiger partial charge in [0.25, 0.3) is 0 Å². The van der Waals surface area contributed by atoms with Gasteiger partial charge in [0.2, 0.25) is 0 Å². The third kappa shape index (κ3) is 1.46. The summed E-state index contributed by atoms with van der Waals surface area (Å²) in [6.07, 6.45) is 0.574. The third-order valence-corrected chi connectivity index (χ3v) is 1.88. The molecule has 1 atom stereocenters. The molecule has 1 aliphatic rings. The maximum Gasteiger partial charge on any atom is 0.162 e. The normalized spacial score (nSPS) is 21.0. The van der Waals surface area contributed by atoms with Gasteiger partial charge >= 0.3 is 0 Å². The Bertz CT molecular complexity index is 295. The van der Waals surface area contributed by atoms with Crippen LogP contribution in [0.4, 0.5) is 8.78 Å². The van der Waals surface area contributed by atoms with E-state index in [4.69, 9.17) is 4.74 Å². The average Bonchev–Trinajstić information content (AvgIpc) is 2.83. The quantitative estimate of drug-likeness (QED) is 0.617. The van der Waals surface area contributed by atoms with E-state index in [-0.39, 0.29) is 6.10 Å². The van der Waals surface area contributed by atoms with E-state index in [1.165, 1.54) is 6.07 Å². The molecule has 0 aliphatic carbocycles. The molecule has 1 aromatic carbocycles. The van der Waals surface area contributed by atoms with E-state index in [9.17, 15) is 8.78 Å². The van der Waals surface area contributed by atoms with Crippen LogP contribution in [0.2, 0.25) is 0 Å². The van der Waals surface area contributed by atoms with Crippen molar-refractivity contribution in [3.63, 3.8) is 0 Å². The topological polar surface area (TPSA) is 12.5 Å². The van der Waals surface area contributed by atoms with Gasteiger partial charge in [-0.25, -0.2) is 8.78 Å². The summed E-state index contributed by atoms with van der Waals surface area (Å²) in [6, 6.07) is 4.21. The van der Waals surface area contributed by atoms with Gasteiger partial charge in [-0.1, -0.05) is 12.1 Å². The highest BCUT2D eigenvalue weighted by atomic mass is 19.2. The minimum atomic E-state index is -0.784. The lowest BCUT2D eigenvalue weighted by Gasteiger charge is -1.99. The molecule has 0 spiro atoms. The first kappa shape index (κ1) is 7.68. The molecule has 3 heteroatoms. The molecule has 1 nitrogen and oxygen atoms in total. The molecule has 12 heavy (non-hydrogen) atoms. The molecule has 1 heterocycles. The first-order chi connectivity index (χ1) is 5.77. The summed E-state index contributed by atoms with van der Waals surface area (Å²) in [5, 5.41) is 0. The monoisotopic (exact) mass is 170 g/mol. The van der Waals surface area contributed by atoms with Gasteiger partial charge in [0, 0.05) is 6.42 Å². The summed E-state index contributed by atoms with van der Waals surface area (Å²) in [4.78, 5) is 0. The van der Waals surface area contributed by atoms with Crippen LogP contribution in [-0.4, -0.2) is 12.7 Å². The Morgan fingerprint density at radius 1 is 1.42 bits per heavy atom. The summed E-state index contributed by atoms with van der Waals surface area (Å²) in [5.74, 6) is -1.53. The van der Waals surface area contributed by atoms with Crippen molar-refractivity contribution < 1.29 is 13.5 Å². The summed E-state index contributed by atoms with van der Waals surface area (Å²) in [6.45, 7) is 0.663. The lowest BCUT2D eigenvalue weighted by Crippen LogP contribution is -1.98. The highest BCUT2D eigenvalue weighted by Crippen LogP contribution is 2.19. The Balaban J connectivity index is 2.23. The van der Waals surface area contributed by atoms with Gasteiger partial charge in [-0.05, 0) is 11.6 Å². The SMILES string of the molecule is Fc1cccc(CC2CO2)c1F. The van der Waals surface area contributed by atoms with E-state index in [1.54, 1.807) is 6.07 Å². The van der Waals surface area contributed by atoms with Gasteiger partial charge in [-0.15, -0.1) is 0 Å². The Morgan fingerprint density at radius 3 is 2.83 bits per heavy atom. The number of hydrogen-bond acceptors (Lipinski definition) is 1. The molecule has 0 aromatic heterocycles. The van der Waals surface area contributed by atoms with E-state index >= 15 is 0 Å². The lowest BCUT2D eigenvalue weighted by atomic mass is 10.1. The highest BCUT2D eigenvalue weighted by molar-refractivity contribution is 5.20. The summed E-state index contributed by atoms with van der Waals surface area (Å²) < 4.78 is 30.5. The fourth-order valence-corrected chi connectivity index (χ4v) is 1.14. The Labute approximate surface area is 69.0 Å². The van der Waals surface area contributed by atoms with Crippen LogP contribution >= 0.6 is 0 Å². The molecule has 1 fully saturated rings. The number of benzene rings is 1. The van der Waals surface area contributed by atoms with Crippen LogP contribution in [-0.2, 0) is 11.2 Å². The van der Waals surface area contributed by atoms with E-state index in [0.717, 1.165) is 6.07 Å². The second-order valence-electron chi connectivity index (χ2n) is 2.87. The molecule has 0 amide bonds. The molecule has 2 rings (SSSR count). The van der Waals surface area contributed by atoms with Crippen molar-refractivity contribution in [1.29, 1.82) is 0 Å². The van der Waals surface area contributed by atoms with Gasteiger partial charge < -0.3 is 4.74 Å². The highest BCUT2D eigenvalue weighted by Gasteiger charge is 2.24. The van der Waals surface area contributed by atoms with Crippen LogP contribution in [0.15, 0.2) is 18.2 Å². The van der Waals surface area contributed by atoms with Crippen LogP contribution in [0.1, 0.15) is 5.56 Å². The van der Waals surface area contributed by atoms with E-state index in [2.05, 4.69) is 0 Å². The molecule has 1 aliphatic heterocycles. The van der Waals surface area contributed by atoms with Crippen LogP contribution in [0.5, 0.6) is 0 Å². The van der Waals surface area contributed by atoms with E-state index < -0.39 is 11.6 Å². The first-order valence-electron chi connectivity index (χ1n) is 3.82.